The molecule has 0 bridgehead atoms. The molecule has 0 aromatic heterocycles. The van der Waals surface area contributed by atoms with Gasteiger partial charge in [0.05, 0.1) is 4.90 Å². The van der Waals surface area contributed by atoms with Crippen LogP contribution in [0.3, 0.4) is 0 Å². The van der Waals surface area contributed by atoms with Crippen molar-refractivity contribution in [1.29, 1.82) is 0 Å². The topological polar surface area (TPSA) is 81.7 Å². The van der Waals surface area contributed by atoms with Gasteiger partial charge in [0.1, 0.15) is 0 Å². The van der Waals surface area contributed by atoms with Gasteiger partial charge in [-0.15, -0.1) is 0 Å². The highest BCUT2D eigenvalue weighted by Crippen LogP contribution is 2.26. The Bertz CT molecular complexity index is 1350. The lowest BCUT2D eigenvalue weighted by Crippen LogP contribution is -2.44. The van der Waals surface area contributed by atoms with E-state index >= 15 is 0 Å². The van der Waals surface area contributed by atoms with E-state index in [2.05, 4.69) is 26.9 Å². The monoisotopic (exact) mass is 492 g/mol. The molecular weight excluding hydrogens is 460 g/mol. The van der Waals surface area contributed by atoms with Crippen LogP contribution >= 0.6 is 0 Å². The molecule has 1 heterocycles. The Hall–Kier alpha value is -3.36. The quantitative estimate of drug-likeness (QED) is 0.533. The zero-order valence-electron chi connectivity index (χ0n) is 20.6. The van der Waals surface area contributed by atoms with Gasteiger partial charge < -0.3 is 15.1 Å². The van der Waals surface area contributed by atoms with Gasteiger partial charge in [-0.05, 0) is 87.0 Å². The molecule has 1 fully saturated rings. The Labute approximate surface area is 207 Å². The van der Waals surface area contributed by atoms with Crippen molar-refractivity contribution < 1.29 is 13.2 Å². The van der Waals surface area contributed by atoms with Crippen LogP contribution in [0.5, 0.6) is 0 Å². The second-order valence-electron chi connectivity index (χ2n) is 9.20. The molecule has 1 amide bonds. The number of nitrogens with one attached hydrogen (secondary N) is 2. The summed E-state index contributed by atoms with van der Waals surface area (Å²) in [5.74, 6) is -0.301. The fraction of sp³-hybridized carbons (Fsp3) is 0.296. The van der Waals surface area contributed by atoms with E-state index in [-0.39, 0.29) is 10.8 Å². The van der Waals surface area contributed by atoms with Crippen molar-refractivity contribution >= 4 is 33.0 Å². The third-order valence-electron chi connectivity index (χ3n) is 6.31. The fourth-order valence-corrected chi connectivity index (χ4v) is 5.65. The Kier molecular flexibility index (Phi) is 7.14. The zero-order chi connectivity index (χ0) is 25.2. The van der Waals surface area contributed by atoms with Crippen LogP contribution in [0.15, 0.2) is 65.6 Å². The minimum atomic E-state index is -3.78. The molecule has 35 heavy (non-hydrogen) atoms. The summed E-state index contributed by atoms with van der Waals surface area (Å²) >= 11 is 0. The minimum absolute atomic E-state index is 0.225. The van der Waals surface area contributed by atoms with Crippen LogP contribution in [-0.4, -0.2) is 52.5 Å². The van der Waals surface area contributed by atoms with Gasteiger partial charge in [0.25, 0.3) is 15.9 Å². The molecule has 7 nitrogen and oxygen atoms in total. The normalized spacial score (nSPS) is 14.6. The number of carbonyl (C=O) groups excluding carboxylic acids is 1. The maximum absolute atomic E-state index is 12.9. The SMILES string of the molecule is Cc1ccc(C)c(S(=O)(=O)Nc2cccc(C(=O)Nc3ccc(N4CCN(C)CC4)c(C)c3)c2)c1. The lowest BCUT2D eigenvalue weighted by atomic mass is 10.1. The molecule has 184 valence electrons. The highest BCUT2D eigenvalue weighted by Gasteiger charge is 2.19. The molecule has 2 N–H and O–H groups in total. The number of hydrogen-bond acceptors (Lipinski definition) is 5. The second-order valence-corrected chi connectivity index (χ2v) is 10.9. The van der Waals surface area contributed by atoms with Crippen LogP contribution in [0.2, 0.25) is 0 Å². The second kappa shape index (κ2) is 10.1. The number of aryl methyl sites for hydroxylation is 3. The van der Waals surface area contributed by atoms with Gasteiger partial charge in [-0.1, -0.05) is 18.2 Å². The molecule has 0 aliphatic carbocycles. The number of carbonyl (C=O) groups is 1. The Morgan fingerprint density at radius 1 is 0.829 bits per heavy atom. The van der Waals surface area contributed by atoms with Crippen molar-refractivity contribution in [3.8, 4) is 0 Å². The number of amides is 1. The minimum Gasteiger partial charge on any atom is -0.369 e. The van der Waals surface area contributed by atoms with Crippen LogP contribution < -0.4 is 14.9 Å². The summed E-state index contributed by atoms with van der Waals surface area (Å²) in [7, 11) is -1.65. The number of sulfonamides is 1. The van der Waals surface area contributed by atoms with Crippen LogP contribution in [0.25, 0.3) is 0 Å². The first-order valence-corrected chi connectivity index (χ1v) is 13.2. The summed E-state index contributed by atoms with van der Waals surface area (Å²) in [6.45, 7) is 9.67. The highest BCUT2D eigenvalue weighted by atomic mass is 32.2. The van der Waals surface area contributed by atoms with Crippen molar-refractivity contribution in [2.45, 2.75) is 25.7 Å². The van der Waals surface area contributed by atoms with Gasteiger partial charge in [-0.2, -0.15) is 0 Å². The van der Waals surface area contributed by atoms with Crippen LogP contribution in [0, 0.1) is 20.8 Å². The van der Waals surface area contributed by atoms with Gasteiger partial charge in [-0.3, -0.25) is 9.52 Å². The first kappa shape index (κ1) is 24.8. The first-order chi connectivity index (χ1) is 16.6. The van der Waals surface area contributed by atoms with Crippen molar-refractivity contribution in [1.82, 2.24) is 4.90 Å². The molecule has 1 saturated heterocycles. The zero-order valence-corrected chi connectivity index (χ0v) is 21.4. The van der Waals surface area contributed by atoms with Gasteiger partial charge >= 0.3 is 0 Å². The molecule has 0 saturated carbocycles. The van der Waals surface area contributed by atoms with E-state index in [4.69, 9.17) is 0 Å². The Morgan fingerprint density at radius 2 is 1.57 bits per heavy atom. The standard InChI is InChI=1S/C27H32N4O3S/c1-19-8-9-20(2)26(16-19)35(33,34)29-24-7-5-6-22(18-24)27(32)28-23-10-11-25(21(3)17-23)31-14-12-30(4)13-15-31/h5-11,16-18,29H,12-15H2,1-4H3,(H,28,32). The lowest BCUT2D eigenvalue weighted by molar-refractivity contribution is 0.102. The fourth-order valence-electron chi connectivity index (χ4n) is 4.27. The molecule has 0 unspecified atom stereocenters. The number of likely N-dealkylation sites (N-methyl/N-ethyl adjacent to an activating group) is 1. The van der Waals surface area contributed by atoms with Gasteiger partial charge in [0.15, 0.2) is 0 Å². The van der Waals surface area contributed by atoms with E-state index in [9.17, 15) is 13.2 Å². The van der Waals surface area contributed by atoms with E-state index in [1.807, 2.05) is 38.1 Å². The number of hydrogen-bond donors (Lipinski definition) is 2. The molecule has 8 heteroatoms. The molecule has 3 aromatic carbocycles. The van der Waals surface area contributed by atoms with E-state index in [1.54, 1.807) is 43.3 Å². The third-order valence-corrected chi connectivity index (χ3v) is 7.83. The van der Waals surface area contributed by atoms with Gasteiger partial charge in [0, 0.05) is 48.8 Å². The molecular formula is C27H32N4O3S. The summed E-state index contributed by atoms with van der Waals surface area (Å²) in [5.41, 5.74) is 5.20. The molecule has 1 aliphatic heterocycles. The average molecular weight is 493 g/mol. The number of anilines is 3. The predicted molar refractivity (Wildman–Crippen MR) is 142 cm³/mol. The van der Waals surface area contributed by atoms with E-state index < -0.39 is 10.0 Å². The van der Waals surface area contributed by atoms with Gasteiger partial charge in [0.2, 0.25) is 0 Å². The summed E-state index contributed by atoms with van der Waals surface area (Å²) in [4.78, 5) is 17.8. The van der Waals surface area contributed by atoms with E-state index in [0.717, 1.165) is 37.3 Å². The summed E-state index contributed by atoms with van der Waals surface area (Å²) in [6, 6.07) is 17.7. The number of benzene rings is 3. The van der Waals surface area contributed by atoms with Crippen molar-refractivity contribution in [3.05, 3.63) is 82.9 Å². The van der Waals surface area contributed by atoms with Crippen molar-refractivity contribution in [3.63, 3.8) is 0 Å². The maximum Gasteiger partial charge on any atom is 0.262 e. The van der Waals surface area contributed by atoms with Crippen LogP contribution in [-0.2, 0) is 10.0 Å². The predicted octanol–water partition coefficient (Wildman–Crippen LogP) is 4.42. The third kappa shape index (κ3) is 5.83. The summed E-state index contributed by atoms with van der Waals surface area (Å²) in [5, 5.41) is 2.93. The molecule has 0 spiro atoms. The molecule has 1 aliphatic rings. The molecule has 3 aromatic rings. The average Bonchev–Trinajstić information content (AvgIpc) is 2.81. The molecule has 4 rings (SSSR count). The number of piperazine rings is 1. The van der Waals surface area contributed by atoms with Gasteiger partial charge in [-0.25, -0.2) is 8.42 Å². The maximum atomic E-state index is 12.9. The lowest BCUT2D eigenvalue weighted by Gasteiger charge is -2.35. The molecule has 0 atom stereocenters. The number of nitrogens with zero attached hydrogens (tertiary/aromatic N) is 2. The Balaban J connectivity index is 1.47. The first-order valence-electron chi connectivity index (χ1n) is 11.7. The summed E-state index contributed by atoms with van der Waals surface area (Å²) in [6.07, 6.45) is 0. The summed E-state index contributed by atoms with van der Waals surface area (Å²) < 4.78 is 28.5. The largest absolute Gasteiger partial charge is 0.369 e. The molecule has 0 radical (unpaired) electrons. The van der Waals surface area contributed by atoms with E-state index in [1.165, 1.54) is 5.69 Å². The van der Waals surface area contributed by atoms with Crippen LogP contribution in [0.4, 0.5) is 17.1 Å². The van der Waals surface area contributed by atoms with E-state index in [0.29, 0.717) is 22.5 Å². The highest BCUT2D eigenvalue weighted by molar-refractivity contribution is 7.92. The smallest absolute Gasteiger partial charge is 0.262 e. The van der Waals surface area contributed by atoms with Crippen molar-refractivity contribution in [2.75, 3.05) is 48.2 Å². The van der Waals surface area contributed by atoms with Crippen molar-refractivity contribution in [2.24, 2.45) is 0 Å². The Morgan fingerprint density at radius 3 is 2.29 bits per heavy atom. The van der Waals surface area contributed by atoms with Crippen LogP contribution in [0.1, 0.15) is 27.0 Å². The number of rotatable bonds is 6.